The Labute approximate surface area is 145 Å². The van der Waals surface area contributed by atoms with E-state index in [1.807, 2.05) is 32.9 Å². The zero-order valence-corrected chi connectivity index (χ0v) is 14.5. The molecule has 0 spiro atoms. The molecule has 1 heterocycles. The summed E-state index contributed by atoms with van der Waals surface area (Å²) in [6, 6.07) is 8.52. The maximum Gasteiger partial charge on any atom is 0.261 e. The number of hydrogen-bond acceptors (Lipinski definition) is 3. The van der Waals surface area contributed by atoms with Gasteiger partial charge in [-0.1, -0.05) is 17.7 Å². The monoisotopic (exact) mass is 343 g/mol. The highest BCUT2D eigenvalue weighted by Crippen LogP contribution is 2.40. The highest BCUT2D eigenvalue weighted by atomic mass is 35.5. The molecule has 2 aromatic rings. The quantitative estimate of drug-likeness (QED) is 0.835. The molecule has 0 bridgehead atoms. The molecular weight excluding hydrogens is 326 g/mol. The van der Waals surface area contributed by atoms with Gasteiger partial charge in [0.2, 0.25) is 0 Å². The van der Waals surface area contributed by atoms with Crippen molar-refractivity contribution >= 4 is 29.0 Å². The average Bonchev–Trinajstić information content (AvgIpc) is 2.74. The van der Waals surface area contributed by atoms with E-state index in [2.05, 4.69) is 5.32 Å². The third-order valence-electron chi connectivity index (χ3n) is 4.61. The van der Waals surface area contributed by atoms with E-state index in [1.54, 1.807) is 12.1 Å². The SMILES string of the molecule is Cc1cc(C)c(C(=O)CC2(O)C(=O)Nc3ccc(Cl)cc32)cc1C. The van der Waals surface area contributed by atoms with Gasteiger partial charge in [0.05, 0.1) is 6.42 Å². The number of aryl methyl sites for hydroxylation is 3. The fourth-order valence-corrected chi connectivity index (χ4v) is 3.25. The fraction of sp³-hybridized carbons (Fsp3) is 0.263. The summed E-state index contributed by atoms with van der Waals surface area (Å²) in [4.78, 5) is 25.0. The Balaban J connectivity index is 1.99. The molecule has 24 heavy (non-hydrogen) atoms. The highest BCUT2D eigenvalue weighted by Gasteiger charge is 2.47. The molecule has 1 atom stereocenters. The second-order valence-corrected chi connectivity index (χ2v) is 6.79. The molecule has 124 valence electrons. The number of halogens is 1. The van der Waals surface area contributed by atoms with Gasteiger partial charge in [0.15, 0.2) is 11.4 Å². The standard InChI is InChI=1S/C19H18ClNO3/c1-10-6-12(3)14(7-11(10)2)17(22)9-19(24)15-8-13(20)4-5-16(15)21-18(19)23/h4-8,24H,9H2,1-3H3,(H,21,23). The number of Topliss-reactive ketones (excluding diaryl/α,β-unsaturated/α-hetero) is 1. The minimum Gasteiger partial charge on any atom is -0.375 e. The number of anilines is 1. The van der Waals surface area contributed by atoms with Crippen molar-refractivity contribution in [1.82, 2.24) is 0 Å². The summed E-state index contributed by atoms with van der Waals surface area (Å²) < 4.78 is 0. The molecule has 1 unspecified atom stereocenters. The molecule has 0 fully saturated rings. The van der Waals surface area contributed by atoms with Gasteiger partial charge in [-0.3, -0.25) is 9.59 Å². The number of carbonyl (C=O) groups is 2. The van der Waals surface area contributed by atoms with Gasteiger partial charge in [-0.25, -0.2) is 0 Å². The van der Waals surface area contributed by atoms with Gasteiger partial charge in [0.25, 0.3) is 5.91 Å². The molecular formula is C19H18ClNO3. The Bertz CT molecular complexity index is 875. The summed E-state index contributed by atoms with van der Waals surface area (Å²) in [6.07, 6.45) is -0.324. The first-order valence-electron chi connectivity index (χ1n) is 7.67. The van der Waals surface area contributed by atoms with Gasteiger partial charge in [-0.15, -0.1) is 0 Å². The van der Waals surface area contributed by atoms with E-state index in [-0.39, 0.29) is 12.2 Å². The summed E-state index contributed by atoms with van der Waals surface area (Å²) in [5.74, 6) is -0.879. The van der Waals surface area contributed by atoms with Crippen LogP contribution in [0.2, 0.25) is 5.02 Å². The van der Waals surface area contributed by atoms with Crippen LogP contribution in [0.15, 0.2) is 30.3 Å². The maximum atomic E-state index is 12.8. The Morgan fingerprint density at radius 1 is 1.12 bits per heavy atom. The first-order chi connectivity index (χ1) is 11.2. The summed E-state index contributed by atoms with van der Waals surface area (Å²) in [7, 11) is 0. The number of rotatable bonds is 3. The van der Waals surface area contributed by atoms with E-state index >= 15 is 0 Å². The van der Waals surface area contributed by atoms with Crippen molar-refractivity contribution in [2.45, 2.75) is 32.8 Å². The Morgan fingerprint density at radius 3 is 2.50 bits per heavy atom. The number of amides is 1. The Morgan fingerprint density at radius 2 is 1.79 bits per heavy atom. The topological polar surface area (TPSA) is 66.4 Å². The number of carbonyl (C=O) groups excluding carboxylic acids is 2. The van der Waals surface area contributed by atoms with Gasteiger partial charge < -0.3 is 10.4 Å². The zero-order valence-electron chi connectivity index (χ0n) is 13.7. The lowest BCUT2D eigenvalue weighted by atomic mass is 9.86. The van der Waals surface area contributed by atoms with Crippen LogP contribution in [0.1, 0.15) is 39.0 Å². The van der Waals surface area contributed by atoms with E-state index < -0.39 is 11.5 Å². The van der Waals surface area contributed by atoms with Crippen LogP contribution < -0.4 is 5.32 Å². The number of benzene rings is 2. The van der Waals surface area contributed by atoms with Gasteiger partial charge in [0.1, 0.15) is 0 Å². The molecule has 1 aliphatic heterocycles. The van der Waals surface area contributed by atoms with Crippen LogP contribution in [-0.2, 0) is 10.4 Å². The lowest BCUT2D eigenvalue weighted by molar-refractivity contribution is -0.133. The van der Waals surface area contributed by atoms with Crippen LogP contribution >= 0.6 is 11.6 Å². The van der Waals surface area contributed by atoms with Crippen molar-refractivity contribution in [2.24, 2.45) is 0 Å². The van der Waals surface area contributed by atoms with Crippen LogP contribution in [0.3, 0.4) is 0 Å². The van der Waals surface area contributed by atoms with E-state index in [1.165, 1.54) is 6.07 Å². The van der Waals surface area contributed by atoms with Crippen molar-refractivity contribution < 1.29 is 14.7 Å². The zero-order chi connectivity index (χ0) is 17.6. The van der Waals surface area contributed by atoms with Gasteiger partial charge >= 0.3 is 0 Å². The lowest BCUT2D eigenvalue weighted by Gasteiger charge is -2.21. The molecule has 1 aliphatic rings. The second-order valence-electron chi connectivity index (χ2n) is 6.36. The van der Waals surface area contributed by atoms with Crippen molar-refractivity contribution in [3.63, 3.8) is 0 Å². The lowest BCUT2D eigenvalue weighted by Crippen LogP contribution is -2.36. The number of ketones is 1. The van der Waals surface area contributed by atoms with Crippen LogP contribution in [0.25, 0.3) is 0 Å². The third-order valence-corrected chi connectivity index (χ3v) is 4.84. The summed E-state index contributed by atoms with van der Waals surface area (Å²) in [5.41, 5.74) is 2.37. The molecule has 2 aromatic carbocycles. The van der Waals surface area contributed by atoms with Crippen LogP contribution in [0.5, 0.6) is 0 Å². The van der Waals surface area contributed by atoms with E-state index in [0.717, 1.165) is 16.7 Å². The van der Waals surface area contributed by atoms with Gasteiger partial charge in [-0.05, 0) is 61.7 Å². The predicted octanol–water partition coefficient (Wildman–Crippen LogP) is 3.68. The van der Waals surface area contributed by atoms with Crippen molar-refractivity contribution in [2.75, 3.05) is 5.32 Å². The molecule has 4 nitrogen and oxygen atoms in total. The van der Waals surface area contributed by atoms with Gasteiger partial charge in [0, 0.05) is 21.8 Å². The first-order valence-corrected chi connectivity index (χ1v) is 8.05. The molecule has 2 N–H and O–H groups in total. The molecule has 5 heteroatoms. The minimum atomic E-state index is -1.90. The van der Waals surface area contributed by atoms with Crippen LogP contribution in [0, 0.1) is 20.8 Å². The second kappa shape index (κ2) is 5.72. The molecule has 0 aromatic heterocycles. The third kappa shape index (κ3) is 2.62. The van der Waals surface area contributed by atoms with Gasteiger partial charge in [-0.2, -0.15) is 0 Å². The Kier molecular flexibility index (Phi) is 3.98. The number of aliphatic hydroxyl groups is 1. The summed E-state index contributed by atoms with van der Waals surface area (Å²) in [6.45, 7) is 5.76. The highest BCUT2D eigenvalue weighted by molar-refractivity contribution is 6.31. The van der Waals surface area contributed by atoms with E-state index in [4.69, 9.17) is 11.6 Å². The van der Waals surface area contributed by atoms with E-state index in [0.29, 0.717) is 21.8 Å². The summed E-state index contributed by atoms with van der Waals surface area (Å²) in [5, 5.41) is 13.9. The molecule has 0 aliphatic carbocycles. The molecule has 0 saturated carbocycles. The molecule has 0 radical (unpaired) electrons. The maximum absolute atomic E-state index is 12.8. The Hall–Kier alpha value is -2.17. The largest absolute Gasteiger partial charge is 0.375 e. The molecule has 1 amide bonds. The summed E-state index contributed by atoms with van der Waals surface area (Å²) >= 11 is 5.98. The normalized spacial score (nSPS) is 19.1. The average molecular weight is 344 g/mol. The smallest absolute Gasteiger partial charge is 0.261 e. The minimum absolute atomic E-state index is 0.277. The van der Waals surface area contributed by atoms with Crippen LogP contribution in [-0.4, -0.2) is 16.8 Å². The van der Waals surface area contributed by atoms with Crippen LogP contribution in [0.4, 0.5) is 5.69 Å². The van der Waals surface area contributed by atoms with Crippen molar-refractivity contribution in [3.8, 4) is 0 Å². The molecule has 0 saturated heterocycles. The number of hydrogen-bond donors (Lipinski definition) is 2. The number of nitrogens with one attached hydrogen (secondary N) is 1. The van der Waals surface area contributed by atoms with Crippen molar-refractivity contribution in [3.05, 3.63) is 63.2 Å². The predicted molar refractivity (Wildman–Crippen MR) is 93.6 cm³/mol. The van der Waals surface area contributed by atoms with Crippen molar-refractivity contribution in [1.29, 1.82) is 0 Å². The number of fused-ring (bicyclic) bond motifs is 1. The fourth-order valence-electron chi connectivity index (χ4n) is 3.08. The molecule has 3 rings (SSSR count). The van der Waals surface area contributed by atoms with E-state index in [9.17, 15) is 14.7 Å². The first kappa shape index (κ1) is 16.7.